The summed E-state index contributed by atoms with van der Waals surface area (Å²) in [5, 5.41) is 20.5. The highest BCUT2D eigenvalue weighted by Gasteiger charge is 2.35. The number of benzene rings is 3. The Hall–Kier alpha value is -3.91. The number of hydrogen-bond acceptors (Lipinski definition) is 7. The van der Waals surface area contributed by atoms with Crippen molar-refractivity contribution >= 4 is 21.2 Å². The zero-order chi connectivity index (χ0) is 24.1. The van der Waals surface area contributed by atoms with Gasteiger partial charge < -0.3 is 15.0 Å². The number of fused-ring (bicyclic) bond motifs is 2. The third kappa shape index (κ3) is 3.21. The van der Waals surface area contributed by atoms with Crippen molar-refractivity contribution in [1.29, 1.82) is 0 Å². The van der Waals surface area contributed by atoms with Crippen molar-refractivity contribution < 1.29 is 18.1 Å². The van der Waals surface area contributed by atoms with Crippen molar-refractivity contribution in [2.24, 2.45) is 5.16 Å². The molecule has 0 unspecified atom stereocenters. The maximum Gasteiger partial charge on any atom is 0.207 e. The van der Waals surface area contributed by atoms with Gasteiger partial charge in [0.1, 0.15) is 17.2 Å². The lowest BCUT2D eigenvalue weighted by Gasteiger charge is -2.24. The first-order chi connectivity index (χ1) is 16.3. The zero-order valence-electron chi connectivity index (χ0n) is 18.9. The van der Waals surface area contributed by atoms with E-state index in [0.717, 1.165) is 11.3 Å². The minimum Gasteiger partial charge on any atom is -0.410 e. The summed E-state index contributed by atoms with van der Waals surface area (Å²) in [6, 6.07) is 21.3. The van der Waals surface area contributed by atoms with Gasteiger partial charge in [-0.3, -0.25) is 0 Å². The molecule has 0 fully saturated rings. The number of anilines is 1. The van der Waals surface area contributed by atoms with Gasteiger partial charge >= 0.3 is 0 Å². The average Bonchev–Trinajstić information content (AvgIpc) is 3.36. The van der Waals surface area contributed by atoms with Crippen LogP contribution in [0.3, 0.4) is 0 Å². The molecule has 0 aliphatic carbocycles. The van der Waals surface area contributed by atoms with E-state index in [4.69, 9.17) is 4.52 Å². The van der Waals surface area contributed by atoms with Crippen LogP contribution in [0.2, 0.25) is 0 Å². The molecule has 0 saturated carbocycles. The van der Waals surface area contributed by atoms with Crippen LogP contribution in [0.1, 0.15) is 36.3 Å². The van der Waals surface area contributed by atoms with Crippen LogP contribution in [-0.2, 0) is 15.3 Å². The second-order valence-electron chi connectivity index (χ2n) is 8.66. The summed E-state index contributed by atoms with van der Waals surface area (Å²) in [7, 11) is -1.94. The Morgan fingerprint density at radius 1 is 0.941 bits per heavy atom. The molecule has 0 amide bonds. The Morgan fingerprint density at radius 3 is 2.41 bits per heavy atom. The Balaban J connectivity index is 1.60. The molecule has 0 atom stereocenters. The lowest BCUT2D eigenvalue weighted by Crippen LogP contribution is -2.21. The molecular formula is C26H23N3O4S. The van der Waals surface area contributed by atoms with E-state index in [9.17, 15) is 13.6 Å². The maximum atomic E-state index is 13.4. The minimum atomic E-state index is -3.81. The molecule has 1 aliphatic rings. The maximum absolute atomic E-state index is 13.4. The first-order valence-corrected chi connectivity index (χ1v) is 12.2. The van der Waals surface area contributed by atoms with E-state index in [1.54, 1.807) is 36.4 Å². The van der Waals surface area contributed by atoms with Gasteiger partial charge in [-0.1, -0.05) is 58.8 Å². The van der Waals surface area contributed by atoms with Gasteiger partial charge in [0.2, 0.25) is 9.84 Å². The number of nitrogens with zero attached hydrogens (tertiary/aromatic N) is 2. The van der Waals surface area contributed by atoms with E-state index >= 15 is 0 Å². The third-order valence-electron chi connectivity index (χ3n) is 6.35. The molecule has 3 aromatic carbocycles. The van der Waals surface area contributed by atoms with Gasteiger partial charge in [-0.25, -0.2) is 8.42 Å². The van der Waals surface area contributed by atoms with Gasteiger partial charge in [0.25, 0.3) is 0 Å². The summed E-state index contributed by atoms with van der Waals surface area (Å²) >= 11 is 0. The summed E-state index contributed by atoms with van der Waals surface area (Å²) in [5.41, 5.74) is 3.60. The fraction of sp³-hybridized carbons (Fsp3) is 0.154. The molecule has 0 bridgehead atoms. The molecule has 172 valence electrons. The van der Waals surface area contributed by atoms with Gasteiger partial charge in [-0.15, -0.1) is 0 Å². The topological polar surface area (TPSA) is 105 Å². The molecule has 2 N–H and O–H groups in total. The highest BCUT2D eigenvalue weighted by Crippen LogP contribution is 2.39. The quantitative estimate of drug-likeness (QED) is 0.279. The molecule has 0 spiro atoms. The van der Waals surface area contributed by atoms with E-state index in [-0.39, 0.29) is 15.5 Å². The molecule has 2 heterocycles. The number of rotatable bonds is 4. The van der Waals surface area contributed by atoms with E-state index in [0.29, 0.717) is 28.1 Å². The Morgan fingerprint density at radius 2 is 1.65 bits per heavy atom. The van der Waals surface area contributed by atoms with Crippen LogP contribution in [-0.4, -0.2) is 31.5 Å². The van der Waals surface area contributed by atoms with Crippen LogP contribution >= 0.6 is 0 Å². The number of hydrogen-bond donors (Lipinski definition) is 2. The molecule has 0 radical (unpaired) electrons. The normalized spacial score (nSPS) is 15.6. The van der Waals surface area contributed by atoms with Crippen LogP contribution in [0.4, 0.5) is 5.69 Å². The van der Waals surface area contributed by atoms with E-state index in [2.05, 4.69) is 15.6 Å². The standard InChI is InChI=1S/C26H23N3O4S/c1-26(2,19-9-5-6-10-20(19)27-3)24-15-21(29-33-24)16-12-13-18-23(14-16)34(31,32)22-11-7-4-8-17(22)25(18)28-30/h4-15,27,30H,1-3H3. The van der Waals surface area contributed by atoms with Gasteiger partial charge in [0.15, 0.2) is 0 Å². The number of nitrogens with one attached hydrogen (secondary N) is 1. The fourth-order valence-corrected chi connectivity index (χ4v) is 6.14. The van der Waals surface area contributed by atoms with Crippen LogP contribution in [0.25, 0.3) is 11.3 Å². The monoisotopic (exact) mass is 473 g/mol. The number of sulfone groups is 1. The summed E-state index contributed by atoms with van der Waals surface area (Å²) in [5.74, 6) is 0.647. The Bertz CT molecular complexity index is 1550. The highest BCUT2D eigenvalue weighted by atomic mass is 32.2. The first-order valence-electron chi connectivity index (χ1n) is 10.7. The average molecular weight is 474 g/mol. The van der Waals surface area contributed by atoms with Crippen LogP contribution in [0.15, 0.2) is 92.3 Å². The number of para-hydroxylation sites is 1. The Labute approximate surface area is 197 Å². The van der Waals surface area contributed by atoms with Crippen molar-refractivity contribution in [1.82, 2.24) is 5.16 Å². The SMILES string of the molecule is CNc1ccccc1C(C)(C)c1cc(-c2ccc3c(c2)S(=O)(=O)c2ccccc2C3=NO)no1. The zero-order valence-corrected chi connectivity index (χ0v) is 19.7. The minimum absolute atomic E-state index is 0.0702. The van der Waals surface area contributed by atoms with Gasteiger partial charge in [-0.05, 0) is 37.6 Å². The Kier molecular flexibility index (Phi) is 5.06. The van der Waals surface area contributed by atoms with Gasteiger partial charge in [-0.2, -0.15) is 0 Å². The molecule has 1 aliphatic heterocycles. The largest absolute Gasteiger partial charge is 0.410 e. The molecule has 5 rings (SSSR count). The van der Waals surface area contributed by atoms with E-state index < -0.39 is 15.3 Å². The number of aromatic nitrogens is 1. The van der Waals surface area contributed by atoms with Gasteiger partial charge in [0, 0.05) is 35.5 Å². The van der Waals surface area contributed by atoms with Crippen molar-refractivity contribution in [3.63, 3.8) is 0 Å². The first kappa shape index (κ1) is 21.9. The van der Waals surface area contributed by atoms with Crippen LogP contribution in [0.5, 0.6) is 0 Å². The lowest BCUT2D eigenvalue weighted by atomic mass is 9.81. The van der Waals surface area contributed by atoms with Crippen molar-refractivity contribution in [3.05, 3.63) is 95.2 Å². The molecule has 0 saturated heterocycles. The van der Waals surface area contributed by atoms with Crippen molar-refractivity contribution in [2.45, 2.75) is 29.1 Å². The second-order valence-corrected chi connectivity index (χ2v) is 10.5. The molecular weight excluding hydrogens is 450 g/mol. The third-order valence-corrected chi connectivity index (χ3v) is 8.20. The molecule has 8 heteroatoms. The van der Waals surface area contributed by atoms with Crippen molar-refractivity contribution in [2.75, 3.05) is 12.4 Å². The summed E-state index contributed by atoms with van der Waals surface area (Å²) in [4.78, 5) is 0.180. The van der Waals surface area contributed by atoms with Gasteiger partial charge in [0.05, 0.1) is 15.2 Å². The smallest absolute Gasteiger partial charge is 0.207 e. The molecule has 4 aromatic rings. The summed E-state index contributed by atoms with van der Waals surface area (Å²) < 4.78 is 32.5. The fourth-order valence-electron chi connectivity index (χ4n) is 4.45. The second kappa shape index (κ2) is 7.85. The molecule has 7 nitrogen and oxygen atoms in total. The molecule has 34 heavy (non-hydrogen) atoms. The highest BCUT2D eigenvalue weighted by molar-refractivity contribution is 7.91. The molecule has 1 aromatic heterocycles. The van der Waals surface area contributed by atoms with Crippen LogP contribution < -0.4 is 5.32 Å². The van der Waals surface area contributed by atoms with Crippen molar-refractivity contribution in [3.8, 4) is 11.3 Å². The summed E-state index contributed by atoms with van der Waals surface area (Å²) in [6.07, 6.45) is 0. The number of oxime groups is 1. The predicted octanol–water partition coefficient (Wildman–Crippen LogP) is 5.08. The van der Waals surface area contributed by atoms with E-state index in [1.807, 2.05) is 51.2 Å². The lowest BCUT2D eigenvalue weighted by molar-refractivity contribution is 0.319. The van der Waals surface area contributed by atoms with E-state index in [1.165, 1.54) is 6.07 Å². The van der Waals surface area contributed by atoms with Crippen LogP contribution in [0, 0.1) is 0 Å². The summed E-state index contributed by atoms with van der Waals surface area (Å²) in [6.45, 7) is 4.09. The predicted molar refractivity (Wildman–Crippen MR) is 129 cm³/mol.